The van der Waals surface area contributed by atoms with Crippen LogP contribution in [-0.2, 0) is 4.74 Å². The molecule has 0 N–H and O–H groups in total. The summed E-state index contributed by atoms with van der Waals surface area (Å²) in [6.45, 7) is 6.31. The summed E-state index contributed by atoms with van der Waals surface area (Å²) in [6, 6.07) is 0. The van der Waals surface area contributed by atoms with Crippen LogP contribution in [0.3, 0.4) is 0 Å². The maximum Gasteiger partial charge on any atom is 0.0603 e. The molecule has 0 unspecified atom stereocenters. The van der Waals surface area contributed by atoms with Gasteiger partial charge in [-0.15, -0.1) is 0 Å². The van der Waals surface area contributed by atoms with E-state index in [2.05, 4.69) is 11.8 Å². The lowest BCUT2D eigenvalue weighted by Crippen LogP contribution is -2.43. The lowest BCUT2D eigenvalue weighted by molar-refractivity contribution is -0.0586. The lowest BCUT2D eigenvalue weighted by atomic mass is 9.76. The molecular formula is C17H31NO. The van der Waals surface area contributed by atoms with Crippen LogP contribution in [0.5, 0.6) is 0 Å². The van der Waals surface area contributed by atoms with Gasteiger partial charge in [0.25, 0.3) is 0 Å². The standard InChI is InChI=1S/C17H31NO/c1-14-11-15(12-14)13-18-9-7-17(8-10-18)19-16-5-3-2-4-6-16/h14-17H,2-13H2,1H3. The summed E-state index contributed by atoms with van der Waals surface area (Å²) in [7, 11) is 0. The Labute approximate surface area is 118 Å². The molecule has 0 aromatic carbocycles. The molecule has 0 bridgehead atoms. The molecule has 1 heterocycles. The summed E-state index contributed by atoms with van der Waals surface area (Å²) < 4.78 is 6.32. The summed E-state index contributed by atoms with van der Waals surface area (Å²) in [6.07, 6.45) is 13.5. The topological polar surface area (TPSA) is 12.5 Å². The molecule has 2 heteroatoms. The summed E-state index contributed by atoms with van der Waals surface area (Å²) in [5.41, 5.74) is 0. The molecule has 19 heavy (non-hydrogen) atoms. The number of hydrogen-bond acceptors (Lipinski definition) is 2. The monoisotopic (exact) mass is 265 g/mol. The van der Waals surface area contributed by atoms with Gasteiger partial charge in [0.1, 0.15) is 0 Å². The zero-order chi connectivity index (χ0) is 13.1. The molecule has 2 saturated carbocycles. The van der Waals surface area contributed by atoms with E-state index in [9.17, 15) is 0 Å². The average Bonchev–Trinajstić information content (AvgIpc) is 2.40. The number of likely N-dealkylation sites (tertiary alicyclic amines) is 1. The molecule has 0 amide bonds. The van der Waals surface area contributed by atoms with Gasteiger partial charge in [0.2, 0.25) is 0 Å². The molecule has 0 aromatic heterocycles. The van der Waals surface area contributed by atoms with Crippen LogP contribution in [0.2, 0.25) is 0 Å². The van der Waals surface area contributed by atoms with Gasteiger partial charge < -0.3 is 9.64 Å². The normalized spacial score (nSPS) is 35.2. The second kappa shape index (κ2) is 6.58. The van der Waals surface area contributed by atoms with E-state index in [1.165, 1.54) is 77.4 Å². The summed E-state index contributed by atoms with van der Waals surface area (Å²) >= 11 is 0. The highest BCUT2D eigenvalue weighted by molar-refractivity contribution is 4.82. The third kappa shape index (κ3) is 3.95. The van der Waals surface area contributed by atoms with Crippen LogP contribution in [0, 0.1) is 11.8 Å². The number of piperidine rings is 1. The van der Waals surface area contributed by atoms with Crippen LogP contribution in [0.1, 0.15) is 64.7 Å². The molecule has 3 rings (SSSR count). The van der Waals surface area contributed by atoms with Gasteiger partial charge in [-0.1, -0.05) is 26.2 Å². The van der Waals surface area contributed by atoms with Crippen molar-refractivity contribution in [2.24, 2.45) is 11.8 Å². The van der Waals surface area contributed by atoms with Gasteiger partial charge in [-0.3, -0.25) is 0 Å². The molecule has 0 aromatic rings. The molecule has 1 aliphatic heterocycles. The molecule has 1 saturated heterocycles. The molecule has 3 fully saturated rings. The van der Waals surface area contributed by atoms with Crippen molar-refractivity contribution < 1.29 is 4.74 Å². The Morgan fingerprint density at radius 3 is 2.16 bits per heavy atom. The molecule has 0 spiro atoms. The first-order valence-electron chi connectivity index (χ1n) is 8.67. The minimum absolute atomic E-state index is 0.569. The van der Waals surface area contributed by atoms with E-state index in [1.54, 1.807) is 0 Å². The number of hydrogen-bond donors (Lipinski definition) is 0. The molecular weight excluding hydrogens is 234 g/mol. The van der Waals surface area contributed by atoms with Crippen LogP contribution in [0.25, 0.3) is 0 Å². The van der Waals surface area contributed by atoms with Crippen LogP contribution >= 0.6 is 0 Å². The fourth-order valence-electron chi connectivity index (χ4n) is 4.28. The number of nitrogens with zero attached hydrogens (tertiary/aromatic N) is 1. The second-order valence-corrected chi connectivity index (χ2v) is 7.34. The Hall–Kier alpha value is -0.0800. The van der Waals surface area contributed by atoms with Crippen molar-refractivity contribution in [2.75, 3.05) is 19.6 Å². The third-order valence-corrected chi connectivity index (χ3v) is 5.46. The van der Waals surface area contributed by atoms with Gasteiger partial charge in [0, 0.05) is 19.6 Å². The predicted octanol–water partition coefficient (Wildman–Crippen LogP) is 3.85. The van der Waals surface area contributed by atoms with Crippen LogP contribution in [0.4, 0.5) is 0 Å². The van der Waals surface area contributed by atoms with E-state index >= 15 is 0 Å². The van der Waals surface area contributed by atoms with Crippen LogP contribution in [0.15, 0.2) is 0 Å². The fraction of sp³-hybridized carbons (Fsp3) is 1.00. The zero-order valence-electron chi connectivity index (χ0n) is 12.7. The van der Waals surface area contributed by atoms with Gasteiger partial charge in [0.05, 0.1) is 12.2 Å². The lowest BCUT2D eigenvalue weighted by Gasteiger charge is -2.40. The van der Waals surface area contributed by atoms with Crippen LogP contribution < -0.4 is 0 Å². The molecule has 2 aliphatic carbocycles. The van der Waals surface area contributed by atoms with Gasteiger partial charge >= 0.3 is 0 Å². The molecule has 2 nitrogen and oxygen atoms in total. The van der Waals surface area contributed by atoms with Gasteiger partial charge in [0.15, 0.2) is 0 Å². The minimum atomic E-state index is 0.569. The van der Waals surface area contributed by atoms with Crippen molar-refractivity contribution >= 4 is 0 Å². The molecule has 110 valence electrons. The summed E-state index contributed by atoms with van der Waals surface area (Å²) in [4.78, 5) is 2.69. The van der Waals surface area contributed by atoms with E-state index in [-0.39, 0.29) is 0 Å². The average molecular weight is 265 g/mol. The highest BCUT2D eigenvalue weighted by atomic mass is 16.5. The Morgan fingerprint density at radius 1 is 0.895 bits per heavy atom. The molecule has 0 atom stereocenters. The summed E-state index contributed by atoms with van der Waals surface area (Å²) in [5, 5.41) is 0. The van der Waals surface area contributed by atoms with Crippen LogP contribution in [-0.4, -0.2) is 36.7 Å². The van der Waals surface area contributed by atoms with Crippen molar-refractivity contribution in [3.05, 3.63) is 0 Å². The highest BCUT2D eigenvalue weighted by Gasteiger charge is 2.29. The molecule has 0 radical (unpaired) electrons. The Bertz CT molecular complexity index is 260. The first kappa shape index (κ1) is 13.9. The predicted molar refractivity (Wildman–Crippen MR) is 79.3 cm³/mol. The summed E-state index contributed by atoms with van der Waals surface area (Å²) in [5.74, 6) is 2.00. The van der Waals surface area contributed by atoms with E-state index < -0.39 is 0 Å². The Morgan fingerprint density at radius 2 is 1.53 bits per heavy atom. The highest BCUT2D eigenvalue weighted by Crippen LogP contribution is 2.34. The fourth-order valence-corrected chi connectivity index (χ4v) is 4.28. The van der Waals surface area contributed by atoms with Crippen molar-refractivity contribution in [3.8, 4) is 0 Å². The minimum Gasteiger partial charge on any atom is -0.375 e. The van der Waals surface area contributed by atoms with Gasteiger partial charge in [-0.2, -0.15) is 0 Å². The maximum absolute atomic E-state index is 6.32. The largest absolute Gasteiger partial charge is 0.375 e. The zero-order valence-corrected chi connectivity index (χ0v) is 12.7. The Kier molecular flexibility index (Phi) is 4.81. The Balaban J connectivity index is 1.32. The third-order valence-electron chi connectivity index (χ3n) is 5.46. The van der Waals surface area contributed by atoms with Crippen molar-refractivity contribution in [3.63, 3.8) is 0 Å². The second-order valence-electron chi connectivity index (χ2n) is 7.34. The quantitative estimate of drug-likeness (QED) is 0.765. The number of rotatable bonds is 4. The van der Waals surface area contributed by atoms with Crippen molar-refractivity contribution in [2.45, 2.75) is 76.9 Å². The van der Waals surface area contributed by atoms with E-state index in [0.29, 0.717) is 12.2 Å². The molecule has 3 aliphatic rings. The van der Waals surface area contributed by atoms with Crippen molar-refractivity contribution in [1.29, 1.82) is 0 Å². The van der Waals surface area contributed by atoms with Crippen molar-refractivity contribution in [1.82, 2.24) is 4.90 Å². The van der Waals surface area contributed by atoms with Gasteiger partial charge in [-0.05, 0) is 50.4 Å². The first-order valence-corrected chi connectivity index (χ1v) is 8.67. The smallest absolute Gasteiger partial charge is 0.0603 e. The first-order chi connectivity index (χ1) is 9.29. The van der Waals surface area contributed by atoms with E-state index in [0.717, 1.165) is 11.8 Å². The number of ether oxygens (including phenoxy) is 1. The van der Waals surface area contributed by atoms with E-state index in [4.69, 9.17) is 4.74 Å². The maximum atomic E-state index is 6.32. The van der Waals surface area contributed by atoms with Gasteiger partial charge in [-0.25, -0.2) is 0 Å². The van der Waals surface area contributed by atoms with E-state index in [1.807, 2.05) is 0 Å². The SMILES string of the molecule is CC1CC(CN2CCC(OC3CCCCC3)CC2)C1.